The number of nitrogens with two attached hydrogens (primary N) is 1. The smallest absolute Gasteiger partial charge is 0.221 e. The highest BCUT2D eigenvalue weighted by molar-refractivity contribution is 5.76. The van der Waals surface area contributed by atoms with Crippen LogP contribution in [0.2, 0.25) is 0 Å². The Bertz CT molecular complexity index is 232. The normalized spacial score (nSPS) is 33.8. The van der Waals surface area contributed by atoms with Crippen molar-refractivity contribution in [2.45, 2.75) is 31.7 Å². The van der Waals surface area contributed by atoms with Crippen molar-refractivity contribution < 1.29 is 4.79 Å². The van der Waals surface area contributed by atoms with Gasteiger partial charge < -0.3 is 11.1 Å². The molecule has 2 unspecified atom stereocenters. The number of hydrogen-bond acceptors (Lipinski definition) is 3. The SMILES string of the molecule is NCC1CCN(C2CCCNC(=O)C2)C1. The molecule has 2 heterocycles. The number of nitrogens with one attached hydrogen (secondary N) is 1. The summed E-state index contributed by atoms with van der Waals surface area (Å²) in [6.45, 7) is 3.85. The maximum Gasteiger partial charge on any atom is 0.221 e. The van der Waals surface area contributed by atoms with E-state index in [-0.39, 0.29) is 5.91 Å². The number of nitrogens with zero attached hydrogens (tertiary/aromatic N) is 1. The first-order chi connectivity index (χ1) is 7.29. The second-order valence-corrected chi connectivity index (χ2v) is 4.74. The highest BCUT2D eigenvalue weighted by Gasteiger charge is 2.29. The lowest BCUT2D eigenvalue weighted by atomic mass is 10.1. The summed E-state index contributed by atoms with van der Waals surface area (Å²) in [6.07, 6.45) is 4.14. The summed E-state index contributed by atoms with van der Waals surface area (Å²) in [5.41, 5.74) is 5.68. The van der Waals surface area contributed by atoms with Gasteiger partial charge >= 0.3 is 0 Å². The fourth-order valence-corrected chi connectivity index (χ4v) is 2.65. The molecule has 15 heavy (non-hydrogen) atoms. The number of likely N-dealkylation sites (tertiary alicyclic amines) is 1. The molecule has 2 aliphatic heterocycles. The van der Waals surface area contributed by atoms with E-state index in [1.807, 2.05) is 0 Å². The zero-order chi connectivity index (χ0) is 10.7. The van der Waals surface area contributed by atoms with Gasteiger partial charge in [0.25, 0.3) is 0 Å². The molecule has 2 atom stereocenters. The Hall–Kier alpha value is -0.610. The van der Waals surface area contributed by atoms with Crippen molar-refractivity contribution in [2.75, 3.05) is 26.2 Å². The largest absolute Gasteiger partial charge is 0.356 e. The summed E-state index contributed by atoms with van der Waals surface area (Å²) in [5, 5.41) is 2.93. The minimum Gasteiger partial charge on any atom is -0.356 e. The third-order valence-electron chi connectivity index (χ3n) is 3.62. The molecule has 1 amide bonds. The molecule has 4 heteroatoms. The van der Waals surface area contributed by atoms with Crippen LogP contribution in [-0.2, 0) is 4.79 Å². The van der Waals surface area contributed by atoms with Crippen LogP contribution in [0, 0.1) is 5.92 Å². The van der Waals surface area contributed by atoms with Crippen molar-refractivity contribution in [3.63, 3.8) is 0 Å². The highest BCUT2D eigenvalue weighted by Crippen LogP contribution is 2.22. The third kappa shape index (κ3) is 2.69. The van der Waals surface area contributed by atoms with E-state index >= 15 is 0 Å². The van der Waals surface area contributed by atoms with E-state index in [1.54, 1.807) is 0 Å². The Balaban J connectivity index is 1.89. The van der Waals surface area contributed by atoms with Crippen LogP contribution >= 0.6 is 0 Å². The quantitative estimate of drug-likeness (QED) is 0.672. The van der Waals surface area contributed by atoms with E-state index < -0.39 is 0 Å². The molecule has 0 spiro atoms. The molecule has 2 aliphatic rings. The van der Waals surface area contributed by atoms with Gasteiger partial charge in [-0.05, 0) is 38.3 Å². The molecule has 0 saturated carbocycles. The molecule has 4 nitrogen and oxygen atoms in total. The van der Waals surface area contributed by atoms with Gasteiger partial charge in [-0.2, -0.15) is 0 Å². The van der Waals surface area contributed by atoms with Crippen LogP contribution in [0.5, 0.6) is 0 Å². The van der Waals surface area contributed by atoms with E-state index in [4.69, 9.17) is 5.73 Å². The zero-order valence-corrected chi connectivity index (χ0v) is 9.24. The topological polar surface area (TPSA) is 58.4 Å². The lowest BCUT2D eigenvalue weighted by Crippen LogP contribution is -2.36. The molecule has 2 fully saturated rings. The summed E-state index contributed by atoms with van der Waals surface area (Å²) >= 11 is 0. The summed E-state index contributed by atoms with van der Waals surface area (Å²) in [4.78, 5) is 13.9. The lowest BCUT2D eigenvalue weighted by molar-refractivity contribution is -0.121. The van der Waals surface area contributed by atoms with Crippen molar-refractivity contribution in [2.24, 2.45) is 11.7 Å². The molecular weight excluding hydrogens is 190 g/mol. The fourth-order valence-electron chi connectivity index (χ4n) is 2.65. The molecule has 0 aliphatic carbocycles. The van der Waals surface area contributed by atoms with Gasteiger partial charge in [-0.3, -0.25) is 9.69 Å². The minimum atomic E-state index is 0.216. The molecule has 0 aromatic rings. The van der Waals surface area contributed by atoms with Crippen molar-refractivity contribution in [1.29, 1.82) is 0 Å². The molecular formula is C11H21N3O. The standard InChI is InChI=1S/C11H21N3O/c12-7-9-3-5-14(8-9)10-2-1-4-13-11(15)6-10/h9-10H,1-8,12H2,(H,13,15). The van der Waals surface area contributed by atoms with Crippen molar-refractivity contribution >= 4 is 5.91 Å². The van der Waals surface area contributed by atoms with Crippen molar-refractivity contribution in [3.8, 4) is 0 Å². The third-order valence-corrected chi connectivity index (χ3v) is 3.62. The van der Waals surface area contributed by atoms with Gasteiger partial charge in [0.15, 0.2) is 0 Å². The van der Waals surface area contributed by atoms with Gasteiger partial charge in [-0.25, -0.2) is 0 Å². The average Bonchev–Trinajstić information content (AvgIpc) is 2.61. The Morgan fingerprint density at radius 1 is 1.47 bits per heavy atom. The van der Waals surface area contributed by atoms with Crippen LogP contribution < -0.4 is 11.1 Å². The van der Waals surface area contributed by atoms with Crippen LogP contribution in [-0.4, -0.2) is 43.0 Å². The fraction of sp³-hybridized carbons (Fsp3) is 0.909. The van der Waals surface area contributed by atoms with Gasteiger partial charge in [0.1, 0.15) is 0 Å². The van der Waals surface area contributed by atoms with Gasteiger partial charge in [0, 0.05) is 25.6 Å². The number of rotatable bonds is 2. The number of carbonyl (C=O) groups is 1. The lowest BCUT2D eigenvalue weighted by Gasteiger charge is -2.25. The second kappa shape index (κ2) is 4.94. The van der Waals surface area contributed by atoms with E-state index in [2.05, 4.69) is 10.2 Å². The number of hydrogen-bond donors (Lipinski definition) is 2. The summed E-state index contributed by atoms with van der Waals surface area (Å²) in [7, 11) is 0. The highest BCUT2D eigenvalue weighted by atomic mass is 16.1. The van der Waals surface area contributed by atoms with Gasteiger partial charge in [0.2, 0.25) is 5.91 Å². The summed E-state index contributed by atoms with van der Waals surface area (Å²) < 4.78 is 0. The molecule has 3 N–H and O–H groups in total. The first kappa shape index (κ1) is 10.9. The zero-order valence-electron chi connectivity index (χ0n) is 9.24. The monoisotopic (exact) mass is 211 g/mol. The first-order valence-electron chi connectivity index (χ1n) is 6.00. The molecule has 2 saturated heterocycles. The van der Waals surface area contributed by atoms with Crippen LogP contribution in [0.25, 0.3) is 0 Å². The van der Waals surface area contributed by atoms with Gasteiger partial charge in [-0.1, -0.05) is 0 Å². The molecule has 0 bridgehead atoms. The van der Waals surface area contributed by atoms with Crippen molar-refractivity contribution in [1.82, 2.24) is 10.2 Å². The Kier molecular flexibility index (Phi) is 3.59. The molecule has 0 aromatic heterocycles. The van der Waals surface area contributed by atoms with Gasteiger partial charge in [-0.15, -0.1) is 0 Å². The molecule has 2 rings (SSSR count). The molecule has 0 aromatic carbocycles. The van der Waals surface area contributed by atoms with Gasteiger partial charge in [0.05, 0.1) is 0 Å². The van der Waals surface area contributed by atoms with E-state index in [1.165, 1.54) is 6.42 Å². The van der Waals surface area contributed by atoms with E-state index in [9.17, 15) is 4.79 Å². The molecule has 86 valence electrons. The Morgan fingerprint density at radius 3 is 3.07 bits per heavy atom. The predicted molar refractivity (Wildman–Crippen MR) is 59.4 cm³/mol. The van der Waals surface area contributed by atoms with E-state index in [0.29, 0.717) is 18.4 Å². The van der Waals surface area contributed by atoms with E-state index in [0.717, 1.165) is 39.0 Å². The molecule has 0 radical (unpaired) electrons. The number of amides is 1. The maximum atomic E-state index is 11.4. The van der Waals surface area contributed by atoms with Crippen LogP contribution in [0.4, 0.5) is 0 Å². The minimum absolute atomic E-state index is 0.216. The second-order valence-electron chi connectivity index (χ2n) is 4.74. The predicted octanol–water partition coefficient (Wildman–Crippen LogP) is -0.0643. The van der Waals surface area contributed by atoms with Crippen LogP contribution in [0.15, 0.2) is 0 Å². The summed E-state index contributed by atoms with van der Waals surface area (Å²) in [6, 6.07) is 0.462. The summed E-state index contributed by atoms with van der Waals surface area (Å²) in [5.74, 6) is 0.866. The first-order valence-corrected chi connectivity index (χ1v) is 6.00. The maximum absolute atomic E-state index is 11.4. The van der Waals surface area contributed by atoms with Crippen molar-refractivity contribution in [3.05, 3.63) is 0 Å². The average molecular weight is 211 g/mol. The number of carbonyl (C=O) groups excluding carboxylic acids is 1. The van der Waals surface area contributed by atoms with Crippen LogP contribution in [0.3, 0.4) is 0 Å². The van der Waals surface area contributed by atoms with Crippen LogP contribution in [0.1, 0.15) is 25.7 Å². The Morgan fingerprint density at radius 2 is 2.33 bits per heavy atom. The Labute approximate surface area is 91.2 Å².